The Balaban J connectivity index is 2.35. The van der Waals surface area contributed by atoms with Crippen molar-refractivity contribution in [1.29, 1.82) is 0 Å². The number of pyridine rings is 1. The number of hydrogen-bond donors (Lipinski definition) is 1. The number of carbonyl (C=O) groups excluding carboxylic acids is 2. The number of nitrogens with zero attached hydrogens (tertiary/aromatic N) is 3. The average molecular weight is 394 g/mol. The summed E-state index contributed by atoms with van der Waals surface area (Å²) < 4.78 is 16.2. The van der Waals surface area contributed by atoms with Crippen LogP contribution in [0.15, 0.2) is 18.5 Å². The summed E-state index contributed by atoms with van der Waals surface area (Å²) in [6.45, 7) is 13.0. The quantitative estimate of drug-likeness (QED) is 0.770. The van der Waals surface area contributed by atoms with Crippen molar-refractivity contribution >= 4 is 23.6 Å². The number of aromatic nitrogens is 1. The monoisotopic (exact) mass is 394 g/mol. The van der Waals surface area contributed by atoms with Crippen LogP contribution in [0, 0.1) is 0 Å². The van der Waals surface area contributed by atoms with Crippen molar-refractivity contribution in [2.45, 2.75) is 52.7 Å². The van der Waals surface area contributed by atoms with Gasteiger partial charge in [-0.25, -0.2) is 15.0 Å². The molecule has 2 heterocycles. The third-order valence-corrected chi connectivity index (χ3v) is 3.55. The molecule has 28 heavy (non-hydrogen) atoms. The summed E-state index contributed by atoms with van der Waals surface area (Å²) in [5.74, 6) is 0. The Morgan fingerprint density at radius 1 is 1.11 bits per heavy atom. The highest BCUT2D eigenvalue weighted by Gasteiger charge is 2.30. The van der Waals surface area contributed by atoms with Gasteiger partial charge in [-0.3, -0.25) is 4.98 Å². The Bertz CT molecular complexity index is 690. The van der Waals surface area contributed by atoms with E-state index >= 15 is 0 Å². The number of rotatable bonds is 2. The molecule has 1 fully saturated rings. The second-order valence-corrected chi connectivity index (χ2v) is 8.39. The van der Waals surface area contributed by atoms with Crippen LogP contribution in [0.3, 0.4) is 0 Å². The highest BCUT2D eigenvalue weighted by atomic mass is 16.6. The number of hydrazine groups is 1. The molecule has 0 bridgehead atoms. The van der Waals surface area contributed by atoms with Gasteiger partial charge >= 0.3 is 12.2 Å². The fourth-order valence-corrected chi connectivity index (χ4v) is 2.53. The lowest BCUT2D eigenvalue weighted by molar-refractivity contribution is 0.0425. The molecule has 0 spiro atoms. The lowest BCUT2D eigenvalue weighted by Gasteiger charge is -2.34. The van der Waals surface area contributed by atoms with E-state index in [1.807, 2.05) is 0 Å². The number of morpholine rings is 1. The zero-order chi connectivity index (χ0) is 20.9. The largest absolute Gasteiger partial charge is 0.443 e. The fourth-order valence-electron chi connectivity index (χ4n) is 2.53. The minimum atomic E-state index is -0.768. The minimum Gasteiger partial charge on any atom is -0.443 e. The van der Waals surface area contributed by atoms with E-state index in [1.165, 1.54) is 6.20 Å². The highest BCUT2D eigenvalue weighted by Crippen LogP contribution is 2.29. The van der Waals surface area contributed by atoms with Gasteiger partial charge in [-0.05, 0) is 47.6 Å². The van der Waals surface area contributed by atoms with Crippen LogP contribution in [0.5, 0.6) is 0 Å². The van der Waals surface area contributed by atoms with Crippen LogP contribution in [0.25, 0.3) is 0 Å². The van der Waals surface area contributed by atoms with Crippen LogP contribution in [-0.4, -0.2) is 54.7 Å². The Labute approximate surface area is 165 Å². The normalized spacial score (nSPS) is 15.0. The van der Waals surface area contributed by atoms with Gasteiger partial charge < -0.3 is 19.1 Å². The van der Waals surface area contributed by atoms with Gasteiger partial charge in [0.05, 0.1) is 25.1 Å². The molecule has 1 aliphatic rings. The van der Waals surface area contributed by atoms with Crippen molar-refractivity contribution in [2.75, 3.05) is 36.2 Å². The van der Waals surface area contributed by atoms with E-state index in [1.54, 1.807) is 53.8 Å². The summed E-state index contributed by atoms with van der Waals surface area (Å²) in [4.78, 5) is 31.4. The van der Waals surface area contributed by atoms with Gasteiger partial charge in [-0.1, -0.05) is 0 Å². The number of carbonyl (C=O) groups is 2. The van der Waals surface area contributed by atoms with Gasteiger partial charge in [0.25, 0.3) is 0 Å². The first kappa shape index (κ1) is 21.7. The van der Waals surface area contributed by atoms with E-state index < -0.39 is 23.4 Å². The zero-order valence-corrected chi connectivity index (χ0v) is 17.4. The first-order valence-electron chi connectivity index (χ1n) is 9.26. The number of anilines is 2. The number of nitrogens with one attached hydrogen (secondary N) is 1. The summed E-state index contributed by atoms with van der Waals surface area (Å²) in [6, 6.07) is 1.79. The molecule has 0 saturated carbocycles. The molecule has 0 aliphatic carbocycles. The lowest BCUT2D eigenvalue weighted by atomic mass is 10.2. The average Bonchev–Trinajstić information content (AvgIpc) is 2.57. The maximum absolute atomic E-state index is 12.9. The molecule has 1 aromatic heterocycles. The molecule has 0 radical (unpaired) electrons. The second-order valence-electron chi connectivity index (χ2n) is 8.39. The van der Waals surface area contributed by atoms with Gasteiger partial charge in [-0.15, -0.1) is 0 Å². The first-order chi connectivity index (χ1) is 13.0. The first-order valence-corrected chi connectivity index (χ1v) is 9.26. The van der Waals surface area contributed by atoms with Crippen molar-refractivity contribution in [1.82, 2.24) is 10.4 Å². The van der Waals surface area contributed by atoms with Crippen molar-refractivity contribution in [3.05, 3.63) is 18.5 Å². The zero-order valence-electron chi connectivity index (χ0n) is 17.4. The van der Waals surface area contributed by atoms with Crippen molar-refractivity contribution in [3.8, 4) is 0 Å². The maximum Gasteiger partial charge on any atom is 0.434 e. The molecule has 1 aromatic rings. The molecule has 2 rings (SSSR count). The maximum atomic E-state index is 12.9. The summed E-state index contributed by atoms with van der Waals surface area (Å²) >= 11 is 0. The molecule has 1 saturated heterocycles. The molecular weight excluding hydrogens is 364 g/mol. The Morgan fingerprint density at radius 3 is 2.29 bits per heavy atom. The Kier molecular flexibility index (Phi) is 6.71. The third kappa shape index (κ3) is 6.56. The molecule has 9 heteroatoms. The van der Waals surface area contributed by atoms with Gasteiger partial charge in [-0.2, -0.15) is 5.01 Å². The smallest absolute Gasteiger partial charge is 0.434 e. The van der Waals surface area contributed by atoms with Crippen LogP contribution in [0.1, 0.15) is 41.5 Å². The van der Waals surface area contributed by atoms with Gasteiger partial charge in [0.15, 0.2) is 0 Å². The summed E-state index contributed by atoms with van der Waals surface area (Å²) in [7, 11) is 0. The summed E-state index contributed by atoms with van der Waals surface area (Å²) in [5, 5.41) is 1.04. The molecular formula is C19H30N4O5. The molecule has 9 nitrogen and oxygen atoms in total. The van der Waals surface area contributed by atoms with Crippen molar-refractivity contribution in [2.24, 2.45) is 0 Å². The Morgan fingerprint density at radius 2 is 1.71 bits per heavy atom. The third-order valence-electron chi connectivity index (χ3n) is 3.55. The SMILES string of the molecule is CC(C)(C)OC(=O)NN(C(=O)OC(C)(C)C)c1cnccc1N1CCOCC1. The lowest BCUT2D eigenvalue weighted by Crippen LogP contribution is -2.51. The van der Waals surface area contributed by atoms with E-state index in [-0.39, 0.29) is 0 Å². The van der Waals surface area contributed by atoms with Crippen molar-refractivity contribution in [3.63, 3.8) is 0 Å². The van der Waals surface area contributed by atoms with E-state index in [2.05, 4.69) is 15.3 Å². The van der Waals surface area contributed by atoms with Crippen LogP contribution < -0.4 is 15.3 Å². The standard InChI is InChI=1S/C19H30N4O5/c1-18(2,3)27-16(24)21-23(17(25)28-19(4,5)6)15-13-20-8-7-14(15)22-9-11-26-12-10-22/h7-8,13H,9-12H2,1-6H3,(H,21,24). The topological polar surface area (TPSA) is 93.2 Å². The van der Waals surface area contributed by atoms with Crippen LogP contribution in [0.2, 0.25) is 0 Å². The predicted octanol–water partition coefficient (Wildman–Crippen LogP) is 3.10. The van der Waals surface area contributed by atoms with Crippen LogP contribution >= 0.6 is 0 Å². The van der Waals surface area contributed by atoms with Crippen LogP contribution in [0.4, 0.5) is 21.0 Å². The van der Waals surface area contributed by atoms with E-state index in [4.69, 9.17) is 14.2 Å². The summed E-state index contributed by atoms with van der Waals surface area (Å²) in [5.41, 5.74) is 2.16. The van der Waals surface area contributed by atoms with Crippen molar-refractivity contribution < 1.29 is 23.8 Å². The molecule has 2 amide bonds. The molecule has 0 atom stereocenters. The van der Waals surface area contributed by atoms with Crippen LogP contribution in [-0.2, 0) is 14.2 Å². The Hall–Kier alpha value is -2.55. The minimum absolute atomic E-state index is 0.393. The van der Waals surface area contributed by atoms with E-state index in [0.717, 1.165) is 10.7 Å². The number of amides is 2. The molecule has 0 unspecified atom stereocenters. The molecule has 156 valence electrons. The fraction of sp³-hybridized carbons (Fsp3) is 0.632. The van der Waals surface area contributed by atoms with Gasteiger partial charge in [0.2, 0.25) is 0 Å². The highest BCUT2D eigenvalue weighted by molar-refractivity contribution is 5.94. The van der Waals surface area contributed by atoms with E-state index in [9.17, 15) is 9.59 Å². The van der Waals surface area contributed by atoms with Gasteiger partial charge in [0, 0.05) is 19.3 Å². The molecule has 1 aliphatic heterocycles. The molecule has 0 aromatic carbocycles. The molecule has 1 N–H and O–H groups in total. The van der Waals surface area contributed by atoms with E-state index in [0.29, 0.717) is 32.0 Å². The number of ether oxygens (including phenoxy) is 3. The second kappa shape index (κ2) is 8.64. The predicted molar refractivity (Wildman–Crippen MR) is 105 cm³/mol. The number of hydrogen-bond acceptors (Lipinski definition) is 7. The summed E-state index contributed by atoms with van der Waals surface area (Å²) in [6.07, 6.45) is 1.64. The van der Waals surface area contributed by atoms with Gasteiger partial charge in [0.1, 0.15) is 16.9 Å².